The number of ketones is 1. The molecule has 1 unspecified atom stereocenters. The number of fused-ring (bicyclic) bond motifs is 1. The maximum Gasteiger partial charge on any atom is 0.203 e. The van der Waals surface area contributed by atoms with Crippen molar-refractivity contribution in [3.05, 3.63) is 65.5 Å². The minimum absolute atomic E-state index is 0.175. The van der Waals surface area contributed by atoms with E-state index in [1.165, 1.54) is 18.2 Å². The molecule has 0 N–H and O–H groups in total. The van der Waals surface area contributed by atoms with Crippen LogP contribution < -0.4 is 4.74 Å². The smallest absolute Gasteiger partial charge is 0.203 e. The minimum Gasteiger partial charge on any atom is -0.482 e. The van der Waals surface area contributed by atoms with E-state index in [1.54, 1.807) is 6.07 Å². The van der Waals surface area contributed by atoms with E-state index in [0.29, 0.717) is 12.0 Å². The molecule has 18 heavy (non-hydrogen) atoms. The molecular weight excluding hydrogens is 231 g/mol. The standard InChI is InChI=1S/C15H11FO2/c16-12-6-3-5-11(8-12)15(17)14-9-10-4-1-2-7-13(10)18-14/h1-8,14H,9H2. The molecule has 0 radical (unpaired) electrons. The number of rotatable bonds is 2. The van der Waals surface area contributed by atoms with Crippen molar-refractivity contribution >= 4 is 5.78 Å². The first-order valence-electron chi connectivity index (χ1n) is 5.78. The molecule has 0 aliphatic carbocycles. The second-order valence-corrected chi connectivity index (χ2v) is 4.29. The second kappa shape index (κ2) is 4.26. The molecule has 0 saturated heterocycles. The highest BCUT2D eigenvalue weighted by atomic mass is 19.1. The molecule has 0 spiro atoms. The molecule has 90 valence electrons. The minimum atomic E-state index is -0.538. The summed E-state index contributed by atoms with van der Waals surface area (Å²) in [6.07, 6.45) is 0.00937. The molecule has 1 heterocycles. The molecule has 0 amide bonds. The highest BCUT2D eigenvalue weighted by Crippen LogP contribution is 2.29. The molecule has 1 atom stereocenters. The van der Waals surface area contributed by atoms with Gasteiger partial charge in [0.15, 0.2) is 6.10 Å². The quantitative estimate of drug-likeness (QED) is 0.757. The number of Topliss-reactive ketones (excluding diaryl/α,β-unsaturated/α-hetero) is 1. The number of carbonyl (C=O) groups is 1. The lowest BCUT2D eigenvalue weighted by Gasteiger charge is -2.09. The Balaban J connectivity index is 1.84. The molecule has 0 bridgehead atoms. The zero-order valence-electron chi connectivity index (χ0n) is 9.60. The van der Waals surface area contributed by atoms with Crippen molar-refractivity contribution in [1.82, 2.24) is 0 Å². The van der Waals surface area contributed by atoms with Crippen molar-refractivity contribution in [2.75, 3.05) is 0 Å². The van der Waals surface area contributed by atoms with Crippen molar-refractivity contribution in [1.29, 1.82) is 0 Å². The van der Waals surface area contributed by atoms with Crippen LogP contribution in [0.4, 0.5) is 4.39 Å². The van der Waals surface area contributed by atoms with Crippen molar-refractivity contribution < 1.29 is 13.9 Å². The molecule has 1 aliphatic heterocycles. The van der Waals surface area contributed by atoms with Gasteiger partial charge in [0, 0.05) is 12.0 Å². The molecule has 3 heteroatoms. The summed E-state index contributed by atoms with van der Waals surface area (Å²) in [5.41, 5.74) is 1.38. The van der Waals surface area contributed by atoms with Gasteiger partial charge in [-0.1, -0.05) is 30.3 Å². The third-order valence-corrected chi connectivity index (χ3v) is 3.05. The van der Waals surface area contributed by atoms with Crippen LogP contribution in [0.5, 0.6) is 5.75 Å². The fraction of sp³-hybridized carbons (Fsp3) is 0.133. The van der Waals surface area contributed by atoms with E-state index >= 15 is 0 Å². The van der Waals surface area contributed by atoms with Crippen LogP contribution >= 0.6 is 0 Å². The molecular formula is C15H11FO2. The van der Waals surface area contributed by atoms with E-state index in [4.69, 9.17) is 4.74 Å². The van der Waals surface area contributed by atoms with Crippen LogP contribution in [-0.2, 0) is 6.42 Å². The normalized spacial score (nSPS) is 17.1. The van der Waals surface area contributed by atoms with Crippen LogP contribution in [0.25, 0.3) is 0 Å². The van der Waals surface area contributed by atoms with Crippen LogP contribution in [-0.4, -0.2) is 11.9 Å². The van der Waals surface area contributed by atoms with E-state index in [1.807, 2.05) is 24.3 Å². The second-order valence-electron chi connectivity index (χ2n) is 4.29. The third-order valence-electron chi connectivity index (χ3n) is 3.05. The highest BCUT2D eigenvalue weighted by Gasteiger charge is 2.29. The van der Waals surface area contributed by atoms with Gasteiger partial charge >= 0.3 is 0 Å². The molecule has 0 fully saturated rings. The lowest BCUT2D eigenvalue weighted by molar-refractivity contribution is 0.0824. The van der Waals surface area contributed by atoms with E-state index < -0.39 is 11.9 Å². The van der Waals surface area contributed by atoms with Crippen LogP contribution in [0.3, 0.4) is 0 Å². The number of hydrogen-bond donors (Lipinski definition) is 0. The van der Waals surface area contributed by atoms with Gasteiger partial charge in [0.2, 0.25) is 5.78 Å². The predicted molar refractivity (Wildman–Crippen MR) is 65.3 cm³/mol. The van der Waals surface area contributed by atoms with Gasteiger partial charge in [-0.2, -0.15) is 0 Å². The fourth-order valence-corrected chi connectivity index (χ4v) is 2.16. The van der Waals surface area contributed by atoms with Crippen molar-refractivity contribution in [3.8, 4) is 5.75 Å². The Labute approximate surface area is 104 Å². The first-order chi connectivity index (χ1) is 8.74. The maximum absolute atomic E-state index is 13.1. The number of ether oxygens (including phenoxy) is 1. The molecule has 1 aliphatic rings. The Morgan fingerprint density at radius 1 is 1.17 bits per heavy atom. The summed E-state index contributed by atoms with van der Waals surface area (Å²) in [7, 11) is 0. The van der Waals surface area contributed by atoms with Crippen molar-refractivity contribution in [3.63, 3.8) is 0 Å². The number of para-hydroxylation sites is 1. The summed E-state index contributed by atoms with van der Waals surface area (Å²) in [6, 6.07) is 13.3. The summed E-state index contributed by atoms with van der Waals surface area (Å²) in [6.45, 7) is 0. The molecule has 2 aromatic carbocycles. The Hall–Kier alpha value is -2.16. The van der Waals surface area contributed by atoms with Crippen molar-refractivity contribution in [2.45, 2.75) is 12.5 Å². The topological polar surface area (TPSA) is 26.3 Å². The zero-order valence-corrected chi connectivity index (χ0v) is 9.60. The van der Waals surface area contributed by atoms with Gasteiger partial charge in [-0.05, 0) is 23.8 Å². The summed E-state index contributed by atoms with van der Waals surface area (Å²) in [5.74, 6) is 0.161. The Morgan fingerprint density at radius 2 is 2.00 bits per heavy atom. The lowest BCUT2D eigenvalue weighted by atomic mass is 10.0. The van der Waals surface area contributed by atoms with E-state index in [9.17, 15) is 9.18 Å². The summed E-state index contributed by atoms with van der Waals surface area (Å²) >= 11 is 0. The fourth-order valence-electron chi connectivity index (χ4n) is 2.16. The van der Waals surface area contributed by atoms with Crippen molar-refractivity contribution in [2.24, 2.45) is 0 Å². The predicted octanol–water partition coefficient (Wildman–Crippen LogP) is 3.01. The Bertz CT molecular complexity index is 582. The van der Waals surface area contributed by atoms with Gasteiger partial charge in [0.05, 0.1) is 0 Å². The van der Waals surface area contributed by atoms with Gasteiger partial charge in [0.1, 0.15) is 11.6 Å². The molecule has 2 aromatic rings. The highest BCUT2D eigenvalue weighted by molar-refractivity contribution is 6.00. The Kier molecular flexibility index (Phi) is 2.59. The Morgan fingerprint density at radius 3 is 2.78 bits per heavy atom. The number of halogens is 1. The lowest BCUT2D eigenvalue weighted by Crippen LogP contribution is -2.25. The maximum atomic E-state index is 13.1. The summed E-state index contributed by atoms with van der Waals surface area (Å²) in [5, 5.41) is 0. The van der Waals surface area contributed by atoms with Gasteiger partial charge < -0.3 is 4.74 Å². The molecule has 0 aromatic heterocycles. The van der Waals surface area contributed by atoms with E-state index in [-0.39, 0.29) is 5.78 Å². The van der Waals surface area contributed by atoms with Crippen LogP contribution in [0.15, 0.2) is 48.5 Å². The van der Waals surface area contributed by atoms with E-state index in [0.717, 1.165) is 11.3 Å². The van der Waals surface area contributed by atoms with Crippen LogP contribution in [0.2, 0.25) is 0 Å². The monoisotopic (exact) mass is 242 g/mol. The van der Waals surface area contributed by atoms with Gasteiger partial charge in [-0.25, -0.2) is 4.39 Å². The van der Waals surface area contributed by atoms with Crippen LogP contribution in [0, 0.1) is 5.82 Å². The number of benzene rings is 2. The largest absolute Gasteiger partial charge is 0.482 e. The van der Waals surface area contributed by atoms with Gasteiger partial charge in [-0.3, -0.25) is 4.79 Å². The molecule has 2 nitrogen and oxygen atoms in total. The number of hydrogen-bond acceptors (Lipinski definition) is 2. The first-order valence-corrected chi connectivity index (χ1v) is 5.78. The third kappa shape index (κ3) is 1.88. The van der Waals surface area contributed by atoms with E-state index in [2.05, 4.69) is 0 Å². The summed E-state index contributed by atoms with van der Waals surface area (Å²) in [4.78, 5) is 12.2. The van der Waals surface area contributed by atoms with Crippen LogP contribution in [0.1, 0.15) is 15.9 Å². The average molecular weight is 242 g/mol. The summed E-state index contributed by atoms with van der Waals surface area (Å²) < 4.78 is 18.7. The first kappa shape index (κ1) is 11.0. The number of carbonyl (C=O) groups excluding carboxylic acids is 1. The van der Waals surface area contributed by atoms with Gasteiger partial charge in [-0.15, -0.1) is 0 Å². The SMILES string of the molecule is O=C(c1cccc(F)c1)C1Cc2ccccc2O1. The van der Waals surface area contributed by atoms with Gasteiger partial charge in [0.25, 0.3) is 0 Å². The average Bonchev–Trinajstić information content (AvgIpc) is 2.81. The zero-order chi connectivity index (χ0) is 12.5. The molecule has 0 saturated carbocycles. The molecule has 3 rings (SSSR count).